The molecule has 2 heterocycles. The molecular weight excluding hydrogens is 292 g/mol. The van der Waals surface area contributed by atoms with Gasteiger partial charge in [0, 0.05) is 25.0 Å². The van der Waals surface area contributed by atoms with Crippen molar-refractivity contribution in [2.75, 3.05) is 5.32 Å². The van der Waals surface area contributed by atoms with Gasteiger partial charge in [-0.1, -0.05) is 30.3 Å². The highest BCUT2D eigenvalue weighted by Gasteiger charge is 2.05. The molecule has 0 saturated carbocycles. The molecule has 1 aromatic carbocycles. The summed E-state index contributed by atoms with van der Waals surface area (Å²) in [7, 11) is 0. The number of benzene rings is 1. The zero-order chi connectivity index (χ0) is 16.1. The van der Waals surface area contributed by atoms with E-state index in [2.05, 4.69) is 15.3 Å². The van der Waals surface area contributed by atoms with E-state index >= 15 is 0 Å². The van der Waals surface area contributed by atoms with E-state index in [9.17, 15) is 10.1 Å². The maximum Gasteiger partial charge on any atom is 0.287 e. The SMILES string of the molecule is O=[N+]([O-])c1ccc(NCc2ccc(-c3cccnc3)cc2)nc1. The van der Waals surface area contributed by atoms with Crippen LogP contribution < -0.4 is 5.32 Å². The molecule has 0 aliphatic carbocycles. The molecule has 0 aliphatic rings. The van der Waals surface area contributed by atoms with Crippen molar-refractivity contribution in [2.24, 2.45) is 0 Å². The van der Waals surface area contributed by atoms with Crippen LogP contribution in [0.1, 0.15) is 5.56 Å². The maximum absolute atomic E-state index is 10.6. The molecule has 0 bridgehead atoms. The van der Waals surface area contributed by atoms with Gasteiger partial charge in [0.15, 0.2) is 0 Å². The van der Waals surface area contributed by atoms with Gasteiger partial charge in [-0.05, 0) is 28.8 Å². The van der Waals surface area contributed by atoms with Crippen LogP contribution in [0.3, 0.4) is 0 Å². The highest BCUT2D eigenvalue weighted by molar-refractivity contribution is 5.62. The van der Waals surface area contributed by atoms with Gasteiger partial charge in [-0.2, -0.15) is 0 Å². The van der Waals surface area contributed by atoms with Crippen molar-refractivity contribution in [3.63, 3.8) is 0 Å². The molecule has 2 aromatic heterocycles. The Morgan fingerprint density at radius 2 is 1.83 bits per heavy atom. The zero-order valence-electron chi connectivity index (χ0n) is 12.2. The Hall–Kier alpha value is -3.28. The number of anilines is 1. The monoisotopic (exact) mass is 306 g/mol. The Bertz CT molecular complexity index is 787. The van der Waals surface area contributed by atoms with Crippen LogP contribution in [0, 0.1) is 10.1 Å². The number of nitrogens with one attached hydrogen (secondary N) is 1. The van der Waals surface area contributed by atoms with Crippen LogP contribution >= 0.6 is 0 Å². The van der Waals surface area contributed by atoms with Crippen LogP contribution in [0.4, 0.5) is 11.5 Å². The standard InChI is InChI=1S/C17H14N4O2/c22-21(23)16-7-8-17(20-12-16)19-10-13-3-5-14(6-4-13)15-2-1-9-18-11-15/h1-9,11-12H,10H2,(H,19,20). The molecular formula is C17H14N4O2. The highest BCUT2D eigenvalue weighted by Crippen LogP contribution is 2.19. The number of nitrogens with zero attached hydrogens (tertiary/aromatic N) is 3. The first-order chi connectivity index (χ1) is 11.2. The maximum atomic E-state index is 10.6. The van der Waals surface area contributed by atoms with Crippen molar-refractivity contribution in [3.05, 3.63) is 82.8 Å². The van der Waals surface area contributed by atoms with Crippen molar-refractivity contribution in [3.8, 4) is 11.1 Å². The van der Waals surface area contributed by atoms with E-state index in [4.69, 9.17) is 0 Å². The first-order valence-electron chi connectivity index (χ1n) is 7.06. The first kappa shape index (κ1) is 14.6. The average molecular weight is 306 g/mol. The fourth-order valence-corrected chi connectivity index (χ4v) is 2.14. The van der Waals surface area contributed by atoms with E-state index in [0.29, 0.717) is 12.4 Å². The molecule has 0 radical (unpaired) electrons. The van der Waals surface area contributed by atoms with Crippen molar-refractivity contribution in [2.45, 2.75) is 6.54 Å². The Balaban J connectivity index is 1.63. The molecule has 3 rings (SSSR count). The predicted molar refractivity (Wildman–Crippen MR) is 87.9 cm³/mol. The lowest BCUT2D eigenvalue weighted by atomic mass is 10.1. The lowest BCUT2D eigenvalue weighted by molar-refractivity contribution is -0.385. The van der Waals surface area contributed by atoms with Crippen LogP contribution in [0.25, 0.3) is 11.1 Å². The quantitative estimate of drug-likeness (QED) is 0.574. The van der Waals surface area contributed by atoms with E-state index in [-0.39, 0.29) is 5.69 Å². The summed E-state index contributed by atoms with van der Waals surface area (Å²) in [4.78, 5) is 18.2. The Morgan fingerprint density at radius 3 is 2.43 bits per heavy atom. The lowest BCUT2D eigenvalue weighted by Gasteiger charge is -2.07. The normalized spacial score (nSPS) is 10.3. The van der Waals surface area contributed by atoms with Crippen molar-refractivity contribution in [1.82, 2.24) is 9.97 Å². The molecule has 0 saturated heterocycles. The smallest absolute Gasteiger partial charge is 0.287 e. The third kappa shape index (κ3) is 3.68. The molecule has 114 valence electrons. The number of aromatic nitrogens is 2. The minimum atomic E-state index is -0.464. The van der Waals surface area contributed by atoms with Gasteiger partial charge in [0.25, 0.3) is 5.69 Å². The van der Waals surface area contributed by atoms with Gasteiger partial charge in [0.1, 0.15) is 12.0 Å². The largest absolute Gasteiger partial charge is 0.366 e. The van der Waals surface area contributed by atoms with E-state index < -0.39 is 4.92 Å². The fourth-order valence-electron chi connectivity index (χ4n) is 2.14. The molecule has 6 nitrogen and oxygen atoms in total. The molecule has 0 atom stereocenters. The molecule has 6 heteroatoms. The summed E-state index contributed by atoms with van der Waals surface area (Å²) >= 11 is 0. The van der Waals surface area contributed by atoms with Gasteiger partial charge < -0.3 is 5.32 Å². The first-order valence-corrected chi connectivity index (χ1v) is 7.06. The second-order valence-corrected chi connectivity index (χ2v) is 4.95. The molecule has 3 aromatic rings. The summed E-state index contributed by atoms with van der Waals surface area (Å²) in [6.45, 7) is 0.595. The number of rotatable bonds is 5. The Kier molecular flexibility index (Phi) is 4.24. The molecule has 0 aliphatic heterocycles. The topological polar surface area (TPSA) is 81.0 Å². The fraction of sp³-hybridized carbons (Fsp3) is 0.0588. The van der Waals surface area contributed by atoms with E-state index in [0.717, 1.165) is 16.7 Å². The Labute approximate surface area is 133 Å². The predicted octanol–water partition coefficient (Wildman–Crippen LogP) is 3.66. The molecule has 0 fully saturated rings. The summed E-state index contributed by atoms with van der Waals surface area (Å²) < 4.78 is 0. The minimum absolute atomic E-state index is 0.0172. The summed E-state index contributed by atoms with van der Waals surface area (Å²) in [5.41, 5.74) is 3.26. The number of nitro groups is 1. The summed E-state index contributed by atoms with van der Waals surface area (Å²) in [6, 6.07) is 15.1. The van der Waals surface area contributed by atoms with Crippen LogP contribution in [0.2, 0.25) is 0 Å². The molecule has 0 spiro atoms. The third-order valence-corrected chi connectivity index (χ3v) is 3.38. The minimum Gasteiger partial charge on any atom is -0.366 e. The molecule has 0 unspecified atom stereocenters. The summed E-state index contributed by atoms with van der Waals surface area (Å²) in [6.07, 6.45) is 4.82. The lowest BCUT2D eigenvalue weighted by Crippen LogP contribution is -2.01. The van der Waals surface area contributed by atoms with E-state index in [1.54, 1.807) is 12.3 Å². The van der Waals surface area contributed by atoms with Gasteiger partial charge in [0.05, 0.1) is 4.92 Å². The van der Waals surface area contributed by atoms with Crippen LogP contribution in [-0.4, -0.2) is 14.9 Å². The number of hydrogen-bond acceptors (Lipinski definition) is 5. The van der Waals surface area contributed by atoms with Gasteiger partial charge in [-0.15, -0.1) is 0 Å². The van der Waals surface area contributed by atoms with Crippen LogP contribution in [0.5, 0.6) is 0 Å². The second-order valence-electron chi connectivity index (χ2n) is 4.95. The second kappa shape index (κ2) is 6.65. The summed E-state index contributed by atoms with van der Waals surface area (Å²) in [5, 5.41) is 13.7. The number of pyridine rings is 2. The van der Waals surface area contributed by atoms with E-state index in [1.165, 1.54) is 12.3 Å². The van der Waals surface area contributed by atoms with Crippen molar-refractivity contribution >= 4 is 11.5 Å². The van der Waals surface area contributed by atoms with Gasteiger partial charge in [-0.25, -0.2) is 4.98 Å². The average Bonchev–Trinajstić information content (AvgIpc) is 2.61. The summed E-state index contributed by atoms with van der Waals surface area (Å²) in [5.74, 6) is 0.604. The third-order valence-electron chi connectivity index (χ3n) is 3.38. The van der Waals surface area contributed by atoms with Crippen molar-refractivity contribution in [1.29, 1.82) is 0 Å². The van der Waals surface area contributed by atoms with Crippen LogP contribution in [0.15, 0.2) is 67.1 Å². The molecule has 23 heavy (non-hydrogen) atoms. The van der Waals surface area contributed by atoms with Crippen LogP contribution in [-0.2, 0) is 6.54 Å². The van der Waals surface area contributed by atoms with Crippen molar-refractivity contribution < 1.29 is 4.92 Å². The molecule has 1 N–H and O–H groups in total. The Morgan fingerprint density at radius 1 is 1.00 bits per heavy atom. The van der Waals surface area contributed by atoms with Gasteiger partial charge in [0.2, 0.25) is 0 Å². The van der Waals surface area contributed by atoms with Gasteiger partial charge in [-0.3, -0.25) is 15.1 Å². The highest BCUT2D eigenvalue weighted by atomic mass is 16.6. The van der Waals surface area contributed by atoms with Gasteiger partial charge >= 0.3 is 0 Å². The molecule has 0 amide bonds. The van der Waals surface area contributed by atoms with E-state index in [1.807, 2.05) is 42.6 Å². The number of hydrogen-bond donors (Lipinski definition) is 1. The zero-order valence-corrected chi connectivity index (χ0v) is 12.2.